The van der Waals surface area contributed by atoms with Crippen LogP contribution in [0.15, 0.2) is 0 Å². The van der Waals surface area contributed by atoms with E-state index in [0.29, 0.717) is 17.8 Å². The molecule has 0 radical (unpaired) electrons. The largest absolute Gasteiger partial charge is 0.356 e. The Kier molecular flexibility index (Phi) is 9.08. The molecule has 3 nitrogen and oxygen atoms in total. The van der Waals surface area contributed by atoms with Crippen molar-refractivity contribution in [3.63, 3.8) is 0 Å². The predicted molar refractivity (Wildman–Crippen MR) is 78.4 cm³/mol. The van der Waals surface area contributed by atoms with Crippen LogP contribution in [0.5, 0.6) is 0 Å². The normalized spacial score (nSPS) is 13.4. The van der Waals surface area contributed by atoms with Gasteiger partial charge in [0.1, 0.15) is 0 Å². The lowest BCUT2D eigenvalue weighted by molar-refractivity contribution is -0.122. The lowest BCUT2D eigenvalue weighted by Gasteiger charge is -2.22. The molecule has 0 saturated heterocycles. The Balaban J connectivity index is 3.53. The van der Waals surface area contributed by atoms with Crippen molar-refractivity contribution in [2.24, 2.45) is 17.1 Å². The van der Waals surface area contributed by atoms with E-state index in [1.807, 2.05) is 0 Å². The first-order valence-electron chi connectivity index (χ1n) is 7.32. The van der Waals surface area contributed by atoms with E-state index in [-0.39, 0.29) is 5.91 Å². The van der Waals surface area contributed by atoms with Crippen LogP contribution >= 0.6 is 0 Å². The Morgan fingerprint density at radius 3 is 2.33 bits per heavy atom. The quantitative estimate of drug-likeness (QED) is 0.623. The van der Waals surface area contributed by atoms with Gasteiger partial charge in [-0.15, -0.1) is 0 Å². The van der Waals surface area contributed by atoms with Crippen molar-refractivity contribution in [3.05, 3.63) is 0 Å². The first-order chi connectivity index (χ1) is 8.35. The highest BCUT2D eigenvalue weighted by Crippen LogP contribution is 2.25. The summed E-state index contributed by atoms with van der Waals surface area (Å²) in [6, 6.07) is 0. The number of carbonyl (C=O) groups excluding carboxylic acids is 1. The van der Waals surface area contributed by atoms with Crippen LogP contribution < -0.4 is 11.1 Å². The van der Waals surface area contributed by atoms with Gasteiger partial charge in [-0.25, -0.2) is 0 Å². The second kappa shape index (κ2) is 9.37. The van der Waals surface area contributed by atoms with E-state index in [2.05, 4.69) is 33.0 Å². The topological polar surface area (TPSA) is 55.1 Å². The second-order valence-corrected chi connectivity index (χ2v) is 6.63. The molecule has 0 saturated carbocycles. The Labute approximate surface area is 113 Å². The average Bonchev–Trinajstić information content (AvgIpc) is 2.20. The van der Waals surface area contributed by atoms with Crippen LogP contribution in [0.25, 0.3) is 0 Å². The molecule has 0 aromatic carbocycles. The van der Waals surface area contributed by atoms with E-state index >= 15 is 0 Å². The van der Waals surface area contributed by atoms with Crippen LogP contribution in [0.3, 0.4) is 0 Å². The van der Waals surface area contributed by atoms with Gasteiger partial charge in [0.25, 0.3) is 0 Å². The van der Waals surface area contributed by atoms with Gasteiger partial charge < -0.3 is 11.1 Å². The van der Waals surface area contributed by atoms with Gasteiger partial charge in [0, 0.05) is 13.0 Å². The van der Waals surface area contributed by atoms with Gasteiger partial charge in [0.15, 0.2) is 0 Å². The van der Waals surface area contributed by atoms with Gasteiger partial charge in [-0.1, -0.05) is 40.5 Å². The molecule has 0 spiro atoms. The zero-order chi connectivity index (χ0) is 14.0. The summed E-state index contributed by atoms with van der Waals surface area (Å²) in [7, 11) is 0. The minimum absolute atomic E-state index is 0.200. The van der Waals surface area contributed by atoms with E-state index in [0.717, 1.165) is 38.8 Å². The second-order valence-electron chi connectivity index (χ2n) is 6.63. The number of rotatable bonds is 9. The minimum atomic E-state index is 0.200. The number of unbranched alkanes of at least 4 members (excludes halogenated alkanes) is 3. The van der Waals surface area contributed by atoms with Crippen LogP contribution in [0.1, 0.15) is 66.2 Å². The van der Waals surface area contributed by atoms with E-state index in [1.54, 1.807) is 0 Å². The molecule has 3 N–H and O–H groups in total. The predicted octanol–water partition coefficient (Wildman–Crippen LogP) is 3.08. The maximum Gasteiger partial charge on any atom is 0.220 e. The van der Waals surface area contributed by atoms with Gasteiger partial charge in [0.2, 0.25) is 5.91 Å². The first-order valence-corrected chi connectivity index (χ1v) is 7.32. The van der Waals surface area contributed by atoms with Crippen molar-refractivity contribution in [2.75, 3.05) is 13.1 Å². The molecular weight excluding hydrogens is 224 g/mol. The first kappa shape index (κ1) is 17.4. The van der Waals surface area contributed by atoms with Crippen LogP contribution in [-0.4, -0.2) is 19.0 Å². The smallest absolute Gasteiger partial charge is 0.220 e. The molecule has 0 aliphatic carbocycles. The third-order valence-corrected chi connectivity index (χ3v) is 2.95. The molecule has 1 unspecified atom stereocenters. The van der Waals surface area contributed by atoms with Crippen molar-refractivity contribution in [3.8, 4) is 0 Å². The van der Waals surface area contributed by atoms with Gasteiger partial charge in [0.05, 0.1) is 0 Å². The van der Waals surface area contributed by atoms with Crippen LogP contribution in [0.2, 0.25) is 0 Å². The van der Waals surface area contributed by atoms with Gasteiger partial charge in [-0.2, -0.15) is 0 Å². The zero-order valence-electron chi connectivity index (χ0n) is 12.7. The fourth-order valence-corrected chi connectivity index (χ4v) is 2.36. The molecule has 0 heterocycles. The number of amides is 1. The highest BCUT2D eigenvalue weighted by atomic mass is 16.1. The summed E-state index contributed by atoms with van der Waals surface area (Å²) in [5.74, 6) is 0.660. The number of hydrogen-bond acceptors (Lipinski definition) is 2. The van der Waals surface area contributed by atoms with Crippen LogP contribution in [0.4, 0.5) is 0 Å². The van der Waals surface area contributed by atoms with E-state index in [9.17, 15) is 4.79 Å². The molecule has 1 amide bonds. The highest BCUT2D eigenvalue weighted by Gasteiger charge is 2.17. The fraction of sp³-hybridized carbons (Fsp3) is 0.933. The Morgan fingerprint density at radius 2 is 1.78 bits per heavy atom. The lowest BCUT2D eigenvalue weighted by atomic mass is 9.84. The molecule has 1 atom stereocenters. The van der Waals surface area contributed by atoms with Crippen molar-refractivity contribution in [2.45, 2.75) is 66.2 Å². The van der Waals surface area contributed by atoms with E-state index in [1.165, 1.54) is 6.42 Å². The Morgan fingerprint density at radius 1 is 1.17 bits per heavy atom. The molecule has 0 aliphatic rings. The van der Waals surface area contributed by atoms with Crippen LogP contribution in [-0.2, 0) is 4.79 Å². The number of carbonyl (C=O) groups is 1. The summed E-state index contributed by atoms with van der Waals surface area (Å²) in [6.45, 7) is 10.4. The standard InChI is InChI=1S/C15H32N2O/c1-13(12-15(2,3)4)11-14(18)17-10-8-6-5-7-9-16/h13H,5-12,16H2,1-4H3,(H,17,18). The maximum atomic E-state index is 11.7. The summed E-state index contributed by atoms with van der Waals surface area (Å²) >= 11 is 0. The molecule has 0 rings (SSSR count). The average molecular weight is 256 g/mol. The molecule has 18 heavy (non-hydrogen) atoms. The summed E-state index contributed by atoms with van der Waals surface area (Å²) in [4.78, 5) is 11.7. The molecule has 0 bridgehead atoms. The maximum absolute atomic E-state index is 11.7. The van der Waals surface area contributed by atoms with Crippen molar-refractivity contribution in [1.82, 2.24) is 5.32 Å². The summed E-state index contributed by atoms with van der Waals surface area (Å²) in [5.41, 5.74) is 5.73. The summed E-state index contributed by atoms with van der Waals surface area (Å²) in [5, 5.41) is 3.01. The molecule has 3 heteroatoms. The minimum Gasteiger partial charge on any atom is -0.356 e. The molecular formula is C15H32N2O. The molecule has 0 aliphatic heterocycles. The third-order valence-electron chi connectivity index (χ3n) is 2.95. The Hall–Kier alpha value is -0.570. The Bertz CT molecular complexity index is 221. The van der Waals surface area contributed by atoms with Gasteiger partial charge in [-0.05, 0) is 37.1 Å². The monoisotopic (exact) mass is 256 g/mol. The summed E-state index contributed by atoms with van der Waals surface area (Å²) < 4.78 is 0. The van der Waals surface area contributed by atoms with Gasteiger partial charge in [-0.3, -0.25) is 4.79 Å². The third kappa shape index (κ3) is 11.9. The molecule has 0 aromatic rings. The molecule has 0 fully saturated rings. The van der Waals surface area contributed by atoms with E-state index in [4.69, 9.17) is 5.73 Å². The molecule has 108 valence electrons. The lowest BCUT2D eigenvalue weighted by Crippen LogP contribution is -2.27. The number of hydrogen-bond donors (Lipinski definition) is 2. The number of nitrogens with two attached hydrogens (primary N) is 1. The zero-order valence-corrected chi connectivity index (χ0v) is 12.7. The highest BCUT2D eigenvalue weighted by molar-refractivity contribution is 5.76. The SMILES string of the molecule is CC(CC(=O)NCCCCCCN)CC(C)(C)C. The van der Waals surface area contributed by atoms with E-state index < -0.39 is 0 Å². The van der Waals surface area contributed by atoms with Crippen molar-refractivity contribution >= 4 is 5.91 Å². The summed E-state index contributed by atoms with van der Waals surface area (Å²) in [6.07, 6.45) is 6.24. The van der Waals surface area contributed by atoms with Crippen LogP contribution in [0, 0.1) is 11.3 Å². The van der Waals surface area contributed by atoms with Crippen molar-refractivity contribution < 1.29 is 4.79 Å². The van der Waals surface area contributed by atoms with Crippen molar-refractivity contribution in [1.29, 1.82) is 0 Å². The molecule has 0 aromatic heterocycles. The van der Waals surface area contributed by atoms with Gasteiger partial charge >= 0.3 is 0 Å². The number of nitrogens with one attached hydrogen (secondary N) is 1. The fourth-order valence-electron chi connectivity index (χ4n) is 2.36.